The number of anilines is 2. The molecule has 0 radical (unpaired) electrons. The molecule has 3 heterocycles. The van der Waals surface area contributed by atoms with Gasteiger partial charge >= 0.3 is 5.97 Å². The molecule has 0 bridgehead atoms. The maximum Gasteiger partial charge on any atom is 0.339 e. The van der Waals surface area contributed by atoms with Gasteiger partial charge in [0.25, 0.3) is 0 Å². The molecule has 3 aromatic heterocycles. The van der Waals surface area contributed by atoms with Crippen LogP contribution in [0.3, 0.4) is 0 Å². The van der Waals surface area contributed by atoms with Gasteiger partial charge in [-0.25, -0.2) is 14.8 Å². The van der Waals surface area contributed by atoms with Gasteiger partial charge in [-0.15, -0.1) is 12.6 Å². The third-order valence-corrected chi connectivity index (χ3v) is 4.39. The number of nitrogen functional groups attached to an aromatic ring is 2. The van der Waals surface area contributed by atoms with E-state index in [1.165, 1.54) is 13.2 Å². The Morgan fingerprint density at radius 1 is 1.10 bits per heavy atom. The average molecular weight is 421 g/mol. The van der Waals surface area contributed by atoms with E-state index in [-0.39, 0.29) is 11.4 Å². The van der Waals surface area contributed by atoms with Crippen molar-refractivity contribution in [1.29, 1.82) is 0 Å². The van der Waals surface area contributed by atoms with Gasteiger partial charge in [0, 0.05) is 34.4 Å². The number of hydrogen-bond donors (Lipinski definition) is 4. The predicted octanol–water partition coefficient (Wildman–Crippen LogP) is 3.54. The highest BCUT2D eigenvalue weighted by atomic mass is 32.1. The van der Waals surface area contributed by atoms with Crippen LogP contribution in [0.4, 0.5) is 11.5 Å². The minimum atomic E-state index is -1.11. The molecule has 0 aliphatic heterocycles. The second-order valence-electron chi connectivity index (χ2n) is 6.17. The van der Waals surface area contributed by atoms with E-state index in [9.17, 15) is 4.79 Å². The van der Waals surface area contributed by atoms with E-state index in [2.05, 4.69) is 27.6 Å². The number of ether oxygens (including phenoxy) is 1. The number of hydrogen-bond acceptors (Lipinski definition) is 8. The van der Waals surface area contributed by atoms with Crippen molar-refractivity contribution in [3.8, 4) is 17.0 Å². The van der Waals surface area contributed by atoms with Gasteiger partial charge in [-0.2, -0.15) is 0 Å². The summed E-state index contributed by atoms with van der Waals surface area (Å²) in [4.78, 5) is 24.1. The number of aromatic carboxylic acids is 1. The number of nitrogens with zero attached hydrogens (tertiary/aromatic N) is 3. The highest BCUT2D eigenvalue weighted by molar-refractivity contribution is 7.80. The van der Waals surface area contributed by atoms with E-state index >= 15 is 0 Å². The minimum Gasteiger partial charge on any atom is -0.480 e. The highest BCUT2D eigenvalue weighted by Crippen LogP contribution is 2.29. The van der Waals surface area contributed by atoms with Crippen LogP contribution < -0.4 is 16.2 Å². The molecule has 9 heteroatoms. The second-order valence-corrected chi connectivity index (χ2v) is 6.68. The van der Waals surface area contributed by atoms with Crippen LogP contribution in [-0.2, 0) is 0 Å². The van der Waals surface area contributed by atoms with Gasteiger partial charge in [-0.3, -0.25) is 4.98 Å². The normalized spacial score (nSPS) is 10.2. The van der Waals surface area contributed by atoms with Crippen molar-refractivity contribution >= 4 is 41.0 Å². The third kappa shape index (κ3) is 4.76. The number of benzene rings is 1. The topological polar surface area (TPSA) is 137 Å². The lowest BCUT2D eigenvalue weighted by Crippen LogP contribution is -2.04. The number of methoxy groups -OCH3 is 1. The van der Waals surface area contributed by atoms with E-state index in [0.717, 1.165) is 16.0 Å². The molecule has 0 amide bonds. The Kier molecular flexibility index (Phi) is 6.33. The van der Waals surface area contributed by atoms with Crippen molar-refractivity contribution in [2.45, 2.75) is 4.90 Å². The Morgan fingerprint density at radius 3 is 2.47 bits per heavy atom. The van der Waals surface area contributed by atoms with Crippen LogP contribution in [0.2, 0.25) is 0 Å². The van der Waals surface area contributed by atoms with E-state index in [0.29, 0.717) is 22.5 Å². The second kappa shape index (κ2) is 9.10. The van der Waals surface area contributed by atoms with E-state index in [1.807, 2.05) is 24.3 Å². The molecule has 0 saturated heterocycles. The van der Waals surface area contributed by atoms with Gasteiger partial charge in [-0.05, 0) is 42.0 Å². The summed E-state index contributed by atoms with van der Waals surface area (Å²) in [6, 6.07) is 12.4. The molecule has 5 N–H and O–H groups in total. The lowest BCUT2D eigenvalue weighted by atomic mass is 10.0. The van der Waals surface area contributed by atoms with Gasteiger partial charge in [0.1, 0.15) is 11.4 Å². The summed E-state index contributed by atoms with van der Waals surface area (Å²) < 4.78 is 5.04. The lowest BCUT2D eigenvalue weighted by molar-refractivity contribution is 0.0698. The smallest absolute Gasteiger partial charge is 0.339 e. The van der Waals surface area contributed by atoms with E-state index in [1.54, 1.807) is 30.7 Å². The van der Waals surface area contributed by atoms with Crippen molar-refractivity contribution in [2.75, 3.05) is 18.6 Å². The first-order chi connectivity index (χ1) is 14.4. The van der Waals surface area contributed by atoms with Crippen LogP contribution in [0.5, 0.6) is 5.88 Å². The number of aromatic nitrogens is 3. The van der Waals surface area contributed by atoms with Gasteiger partial charge < -0.3 is 21.3 Å². The maximum atomic E-state index is 11.2. The number of pyridine rings is 3. The fourth-order valence-corrected chi connectivity index (χ4v) is 2.85. The number of rotatable bonds is 3. The molecule has 0 fully saturated rings. The molecule has 1 aromatic carbocycles. The molecule has 0 unspecified atom stereocenters. The van der Waals surface area contributed by atoms with Crippen LogP contribution in [0, 0.1) is 0 Å². The fourth-order valence-electron chi connectivity index (χ4n) is 2.69. The number of carboxylic acids is 1. The standard InChI is InChI=1S/C16H14N4O3.C5H5NS/c1-23-15-12(17)6-10(7-19-15)8-2-3-13-9(4-8)5-11(16(21)22)14(18)20-13;7-5-2-1-3-6-4-5/h2-7H,17H2,1H3,(H2,18,20)(H,21,22);1-4,7H. The molecular formula is C21H19N5O3S. The summed E-state index contributed by atoms with van der Waals surface area (Å²) in [5.41, 5.74) is 14.2. The SMILES string of the molecule is COc1ncc(-c2ccc3nc(N)c(C(=O)O)cc3c2)cc1N.Sc1cccnc1. The largest absolute Gasteiger partial charge is 0.480 e. The van der Waals surface area contributed by atoms with Crippen molar-refractivity contribution in [3.63, 3.8) is 0 Å². The van der Waals surface area contributed by atoms with Crippen molar-refractivity contribution in [1.82, 2.24) is 15.0 Å². The summed E-state index contributed by atoms with van der Waals surface area (Å²) in [5.74, 6) is -0.761. The summed E-state index contributed by atoms with van der Waals surface area (Å²) in [5, 5.41) is 9.81. The molecule has 0 aliphatic carbocycles. The fraction of sp³-hybridized carbons (Fsp3) is 0.0476. The van der Waals surface area contributed by atoms with Gasteiger partial charge in [0.15, 0.2) is 0 Å². The first-order valence-corrected chi connectivity index (χ1v) is 9.16. The van der Waals surface area contributed by atoms with Gasteiger partial charge in [0.2, 0.25) is 5.88 Å². The molecule has 0 spiro atoms. The zero-order chi connectivity index (χ0) is 21.7. The molecule has 0 aliphatic rings. The van der Waals surface area contributed by atoms with Crippen LogP contribution in [0.15, 0.2) is 66.0 Å². The molecule has 4 rings (SSSR count). The number of fused-ring (bicyclic) bond motifs is 1. The maximum absolute atomic E-state index is 11.2. The first-order valence-electron chi connectivity index (χ1n) is 8.71. The van der Waals surface area contributed by atoms with Gasteiger partial charge in [-0.1, -0.05) is 6.07 Å². The molecule has 0 saturated carbocycles. The Bertz CT molecular complexity index is 1200. The van der Waals surface area contributed by atoms with Crippen LogP contribution in [0.25, 0.3) is 22.0 Å². The van der Waals surface area contributed by atoms with E-state index in [4.69, 9.17) is 21.3 Å². The molecule has 8 nitrogen and oxygen atoms in total. The molecule has 0 atom stereocenters. The molecule has 152 valence electrons. The quantitative estimate of drug-likeness (QED) is 0.369. The Morgan fingerprint density at radius 2 is 1.90 bits per heavy atom. The number of nitrogens with two attached hydrogens (primary N) is 2. The first kappa shape index (κ1) is 20.9. The monoisotopic (exact) mass is 421 g/mol. The summed E-state index contributed by atoms with van der Waals surface area (Å²) in [6.07, 6.45) is 5.06. The molecule has 4 aromatic rings. The lowest BCUT2D eigenvalue weighted by Gasteiger charge is -2.08. The Hall–Kier alpha value is -3.85. The average Bonchev–Trinajstić information content (AvgIpc) is 2.73. The summed E-state index contributed by atoms with van der Waals surface area (Å²) in [7, 11) is 1.50. The zero-order valence-corrected chi connectivity index (χ0v) is 16.9. The van der Waals surface area contributed by atoms with Crippen molar-refractivity contribution in [2.24, 2.45) is 0 Å². The summed E-state index contributed by atoms with van der Waals surface area (Å²) >= 11 is 4.02. The highest BCUT2D eigenvalue weighted by Gasteiger charge is 2.12. The van der Waals surface area contributed by atoms with Crippen LogP contribution in [0.1, 0.15) is 10.4 Å². The van der Waals surface area contributed by atoms with Crippen LogP contribution >= 0.6 is 12.6 Å². The number of thiol groups is 1. The van der Waals surface area contributed by atoms with Crippen LogP contribution in [-0.4, -0.2) is 33.1 Å². The van der Waals surface area contributed by atoms with E-state index < -0.39 is 5.97 Å². The predicted molar refractivity (Wildman–Crippen MR) is 119 cm³/mol. The van der Waals surface area contributed by atoms with Crippen molar-refractivity contribution < 1.29 is 14.6 Å². The Labute approximate surface area is 178 Å². The number of carboxylic acid groups (broad SMARTS) is 1. The zero-order valence-electron chi connectivity index (χ0n) is 16.0. The third-order valence-electron chi connectivity index (χ3n) is 4.13. The minimum absolute atomic E-state index is 0.00638. The molecular weight excluding hydrogens is 402 g/mol. The number of carbonyl (C=O) groups is 1. The van der Waals surface area contributed by atoms with Crippen molar-refractivity contribution in [3.05, 3.63) is 66.6 Å². The van der Waals surface area contributed by atoms with Gasteiger partial charge in [0.05, 0.1) is 18.3 Å². The molecule has 30 heavy (non-hydrogen) atoms. The Balaban J connectivity index is 0.000000310. The summed E-state index contributed by atoms with van der Waals surface area (Å²) in [6.45, 7) is 0.